The summed E-state index contributed by atoms with van der Waals surface area (Å²) >= 11 is 6.22. The molecule has 1 amide bonds. The Morgan fingerprint density at radius 2 is 1.52 bits per heavy atom. The van der Waals surface area contributed by atoms with Gasteiger partial charge in [0.05, 0.1) is 10.2 Å². The number of fused-ring (bicyclic) bond motifs is 1. The van der Waals surface area contributed by atoms with E-state index in [-0.39, 0.29) is 10.5 Å². The number of alkyl halides is 6. The lowest BCUT2D eigenvalue weighted by Gasteiger charge is -2.38. The van der Waals surface area contributed by atoms with Crippen molar-refractivity contribution in [2.45, 2.75) is 18.0 Å². The molecular weight excluding hydrogens is 444 g/mol. The van der Waals surface area contributed by atoms with Gasteiger partial charge in [0.2, 0.25) is 0 Å². The van der Waals surface area contributed by atoms with Crippen molar-refractivity contribution in [1.29, 1.82) is 0 Å². The van der Waals surface area contributed by atoms with Gasteiger partial charge in [-0.1, -0.05) is 35.1 Å². The van der Waals surface area contributed by atoms with Crippen LogP contribution in [0.5, 0.6) is 0 Å². The summed E-state index contributed by atoms with van der Waals surface area (Å²) in [5.41, 5.74) is -4.98. The van der Waals surface area contributed by atoms with E-state index < -0.39 is 34.6 Å². The van der Waals surface area contributed by atoms with Gasteiger partial charge in [-0.05, 0) is 36.4 Å². The molecule has 0 bridgehead atoms. The van der Waals surface area contributed by atoms with E-state index in [4.69, 9.17) is 11.6 Å². The molecule has 0 radical (unpaired) electrons. The average Bonchev–Trinajstić information content (AvgIpc) is 3.02. The predicted molar refractivity (Wildman–Crippen MR) is 97.0 cm³/mol. The Balaban J connectivity index is 2.05. The van der Waals surface area contributed by atoms with Gasteiger partial charge in [0.1, 0.15) is 0 Å². The van der Waals surface area contributed by atoms with Crippen molar-refractivity contribution in [1.82, 2.24) is 10.3 Å². The van der Waals surface area contributed by atoms with Crippen LogP contribution in [0.15, 0.2) is 48.5 Å². The number of anilines is 1. The number of amides is 1. The predicted octanol–water partition coefficient (Wildman–Crippen LogP) is 5.61. The van der Waals surface area contributed by atoms with E-state index in [2.05, 4.69) is 4.98 Å². The van der Waals surface area contributed by atoms with Crippen LogP contribution >= 0.6 is 22.9 Å². The van der Waals surface area contributed by atoms with Crippen LogP contribution in [-0.2, 0) is 0 Å². The molecule has 1 heterocycles. The third-order valence-electron chi connectivity index (χ3n) is 3.85. The Hall–Kier alpha value is -2.53. The van der Waals surface area contributed by atoms with Crippen LogP contribution in [0, 0.1) is 0 Å². The summed E-state index contributed by atoms with van der Waals surface area (Å²) in [5.74, 6) is -1.59. The molecule has 4 nitrogen and oxygen atoms in total. The summed E-state index contributed by atoms with van der Waals surface area (Å²) in [7, 11) is 0. The van der Waals surface area contributed by atoms with Gasteiger partial charge in [0.15, 0.2) is 5.13 Å². The fourth-order valence-corrected chi connectivity index (χ4v) is 3.45. The van der Waals surface area contributed by atoms with Crippen LogP contribution in [0.25, 0.3) is 10.2 Å². The van der Waals surface area contributed by atoms with Gasteiger partial charge in [-0.3, -0.25) is 4.79 Å². The fraction of sp³-hybridized carbons (Fsp3) is 0.176. The van der Waals surface area contributed by atoms with Crippen molar-refractivity contribution >= 4 is 44.2 Å². The molecule has 1 aromatic heterocycles. The van der Waals surface area contributed by atoms with E-state index >= 15 is 0 Å². The van der Waals surface area contributed by atoms with Gasteiger partial charge in [-0.15, -0.1) is 0 Å². The molecular formula is C17H10ClF6N3OS. The van der Waals surface area contributed by atoms with Gasteiger partial charge in [0.25, 0.3) is 5.91 Å². The molecule has 0 aliphatic carbocycles. The van der Waals surface area contributed by atoms with Crippen LogP contribution < -0.4 is 10.6 Å². The molecule has 154 valence electrons. The molecule has 0 aliphatic heterocycles. The van der Waals surface area contributed by atoms with E-state index in [1.54, 1.807) is 6.07 Å². The van der Waals surface area contributed by atoms with Crippen molar-refractivity contribution < 1.29 is 31.1 Å². The number of rotatable bonds is 4. The standard InChI is InChI=1S/C17H10ClF6N3OS/c18-10-7-5-9(6-8-10)13(28)26-15(16(19,20)21,17(22,23)24)27-14-25-11-3-1-2-4-12(11)29-14/h1-8H,(H,25,27)(H,26,28). The Morgan fingerprint density at radius 1 is 0.931 bits per heavy atom. The van der Waals surface area contributed by atoms with E-state index in [0.717, 1.165) is 17.4 Å². The van der Waals surface area contributed by atoms with Gasteiger partial charge >= 0.3 is 18.0 Å². The highest BCUT2D eigenvalue weighted by molar-refractivity contribution is 7.22. The number of hydrogen-bond donors (Lipinski definition) is 2. The van der Waals surface area contributed by atoms with E-state index in [1.165, 1.54) is 35.6 Å². The number of carbonyl (C=O) groups is 1. The molecule has 12 heteroatoms. The van der Waals surface area contributed by atoms with Crippen LogP contribution in [0.2, 0.25) is 5.02 Å². The first-order valence-corrected chi connectivity index (χ1v) is 8.98. The molecule has 3 aromatic rings. The normalized spacial score (nSPS) is 12.8. The molecule has 3 rings (SSSR count). The molecule has 0 unspecified atom stereocenters. The molecule has 0 aliphatic rings. The third kappa shape index (κ3) is 4.10. The molecule has 0 atom stereocenters. The summed E-state index contributed by atoms with van der Waals surface area (Å²) in [5, 5.41) is 1.94. The topological polar surface area (TPSA) is 54.0 Å². The first kappa shape index (κ1) is 21.2. The Morgan fingerprint density at radius 3 is 2.07 bits per heavy atom. The van der Waals surface area contributed by atoms with Gasteiger partial charge in [-0.2, -0.15) is 26.3 Å². The molecule has 0 fully saturated rings. The second kappa shape index (κ2) is 7.38. The highest BCUT2D eigenvalue weighted by Gasteiger charge is 2.73. The van der Waals surface area contributed by atoms with Crippen LogP contribution in [-0.4, -0.2) is 28.9 Å². The summed E-state index contributed by atoms with van der Waals surface area (Å²) in [6, 6.07) is 10.4. The molecule has 0 spiro atoms. The maximum absolute atomic E-state index is 13.7. The van der Waals surface area contributed by atoms with E-state index in [0.29, 0.717) is 16.0 Å². The zero-order chi connectivity index (χ0) is 21.4. The monoisotopic (exact) mass is 453 g/mol. The van der Waals surface area contributed by atoms with Gasteiger partial charge in [0, 0.05) is 10.6 Å². The van der Waals surface area contributed by atoms with Crippen LogP contribution in [0.1, 0.15) is 10.4 Å². The van der Waals surface area contributed by atoms with Crippen molar-refractivity contribution in [2.75, 3.05) is 5.32 Å². The summed E-state index contributed by atoms with van der Waals surface area (Å²) in [6.45, 7) is 0. The minimum Gasteiger partial charge on any atom is -0.324 e. The number of nitrogens with zero attached hydrogens (tertiary/aromatic N) is 1. The van der Waals surface area contributed by atoms with Gasteiger partial charge < -0.3 is 10.6 Å². The minimum atomic E-state index is -5.94. The minimum absolute atomic E-state index is 0.159. The van der Waals surface area contributed by atoms with Crippen molar-refractivity contribution in [3.05, 3.63) is 59.1 Å². The number of para-hydroxylation sites is 1. The lowest BCUT2D eigenvalue weighted by Crippen LogP contribution is -2.72. The van der Waals surface area contributed by atoms with Crippen molar-refractivity contribution in [3.8, 4) is 0 Å². The average molecular weight is 454 g/mol. The lowest BCUT2D eigenvalue weighted by molar-refractivity contribution is -0.294. The first-order valence-electron chi connectivity index (χ1n) is 7.78. The smallest absolute Gasteiger partial charge is 0.324 e. The quantitative estimate of drug-likeness (QED) is 0.398. The second-order valence-electron chi connectivity index (χ2n) is 5.82. The SMILES string of the molecule is O=C(NC(Nc1nc2ccccc2s1)(C(F)(F)F)C(F)(F)F)c1ccc(Cl)cc1. The highest BCUT2D eigenvalue weighted by atomic mass is 35.5. The second-order valence-corrected chi connectivity index (χ2v) is 7.29. The van der Waals surface area contributed by atoms with Crippen molar-refractivity contribution in [3.63, 3.8) is 0 Å². The largest absolute Gasteiger partial charge is 0.439 e. The Kier molecular flexibility index (Phi) is 5.39. The maximum atomic E-state index is 13.7. The van der Waals surface area contributed by atoms with Crippen LogP contribution in [0.4, 0.5) is 31.5 Å². The van der Waals surface area contributed by atoms with Gasteiger partial charge in [-0.25, -0.2) is 4.98 Å². The molecule has 29 heavy (non-hydrogen) atoms. The fourth-order valence-electron chi connectivity index (χ4n) is 2.41. The lowest BCUT2D eigenvalue weighted by atomic mass is 10.1. The summed E-state index contributed by atoms with van der Waals surface area (Å²) in [6.07, 6.45) is -11.9. The first-order chi connectivity index (χ1) is 13.4. The number of benzene rings is 2. The number of thiazole rings is 1. The van der Waals surface area contributed by atoms with E-state index in [1.807, 2.05) is 0 Å². The molecule has 0 saturated heterocycles. The number of halogens is 7. The Bertz CT molecular complexity index is 985. The third-order valence-corrected chi connectivity index (χ3v) is 5.05. The Labute approximate surface area is 168 Å². The van der Waals surface area contributed by atoms with Crippen LogP contribution in [0.3, 0.4) is 0 Å². The molecule has 0 saturated carbocycles. The summed E-state index contributed by atoms with van der Waals surface area (Å²) < 4.78 is 82.6. The number of hydrogen-bond acceptors (Lipinski definition) is 4. The summed E-state index contributed by atoms with van der Waals surface area (Å²) in [4.78, 5) is 16.0. The molecule has 2 N–H and O–H groups in total. The number of carbonyl (C=O) groups excluding carboxylic acids is 1. The molecule has 2 aromatic carbocycles. The number of nitrogens with one attached hydrogen (secondary N) is 2. The highest BCUT2D eigenvalue weighted by Crippen LogP contribution is 2.44. The van der Waals surface area contributed by atoms with E-state index in [9.17, 15) is 31.1 Å². The number of aromatic nitrogens is 1. The maximum Gasteiger partial charge on any atom is 0.439 e. The zero-order valence-corrected chi connectivity index (χ0v) is 15.6. The zero-order valence-electron chi connectivity index (χ0n) is 14.0. The van der Waals surface area contributed by atoms with Crippen molar-refractivity contribution in [2.24, 2.45) is 0 Å².